The van der Waals surface area contributed by atoms with Crippen molar-refractivity contribution in [2.45, 2.75) is 39.0 Å². The molecule has 0 radical (unpaired) electrons. The van der Waals surface area contributed by atoms with Crippen LogP contribution in [0, 0.1) is 11.8 Å². The summed E-state index contributed by atoms with van der Waals surface area (Å²) in [6.45, 7) is 2.78. The highest BCUT2D eigenvalue weighted by Crippen LogP contribution is 2.30. The monoisotopic (exact) mass is 343 g/mol. The van der Waals surface area contributed by atoms with Crippen molar-refractivity contribution in [3.05, 3.63) is 24.3 Å². The van der Waals surface area contributed by atoms with E-state index in [0.29, 0.717) is 37.3 Å². The lowest BCUT2D eigenvalue weighted by molar-refractivity contribution is -0.140. The van der Waals surface area contributed by atoms with Crippen LogP contribution in [-0.4, -0.2) is 35.7 Å². The van der Waals surface area contributed by atoms with Gasteiger partial charge in [0.25, 0.3) is 0 Å². The lowest BCUT2D eigenvalue weighted by atomic mass is 9.83. The molecule has 2 N–H and O–H groups in total. The maximum atomic E-state index is 12.5. The van der Waals surface area contributed by atoms with E-state index in [4.69, 9.17) is 0 Å². The van der Waals surface area contributed by atoms with Crippen LogP contribution in [0.15, 0.2) is 24.3 Å². The van der Waals surface area contributed by atoms with E-state index < -0.39 is 0 Å². The van der Waals surface area contributed by atoms with E-state index >= 15 is 0 Å². The highest BCUT2D eigenvalue weighted by molar-refractivity contribution is 5.94. The Labute approximate surface area is 148 Å². The van der Waals surface area contributed by atoms with Gasteiger partial charge >= 0.3 is 0 Å². The van der Waals surface area contributed by atoms with Crippen molar-refractivity contribution in [1.29, 1.82) is 0 Å². The van der Waals surface area contributed by atoms with Gasteiger partial charge in [0.1, 0.15) is 0 Å². The summed E-state index contributed by atoms with van der Waals surface area (Å²) in [6.07, 6.45) is 4.60. The van der Waals surface area contributed by atoms with Crippen LogP contribution >= 0.6 is 0 Å². The predicted octanol–water partition coefficient (Wildman–Crippen LogP) is 2.62. The standard InChI is InChI=1S/C19H25N3O3/c1-13(23)20-16-6-3-7-17(12-16)21-18(24)14-8-10-22(11-9-14)19(25)15-4-2-5-15/h3,6-7,12,14-15H,2,4-5,8-11H2,1H3,(H,20,23)(H,21,24). The molecular formula is C19H25N3O3. The molecule has 1 heterocycles. The minimum atomic E-state index is -0.146. The summed E-state index contributed by atoms with van der Waals surface area (Å²) in [5.74, 6) is 0.257. The number of hydrogen-bond acceptors (Lipinski definition) is 3. The Morgan fingerprint density at radius 3 is 2.16 bits per heavy atom. The molecule has 0 aromatic heterocycles. The maximum Gasteiger partial charge on any atom is 0.227 e. The molecule has 0 atom stereocenters. The number of rotatable bonds is 4. The Kier molecular flexibility index (Phi) is 5.36. The molecule has 3 rings (SSSR count). The van der Waals surface area contributed by atoms with Crippen LogP contribution < -0.4 is 10.6 Å². The van der Waals surface area contributed by atoms with Gasteiger partial charge in [0.05, 0.1) is 0 Å². The molecule has 0 unspecified atom stereocenters. The number of nitrogens with one attached hydrogen (secondary N) is 2. The van der Waals surface area contributed by atoms with Gasteiger partial charge < -0.3 is 15.5 Å². The van der Waals surface area contributed by atoms with Gasteiger partial charge in [-0.1, -0.05) is 12.5 Å². The molecule has 1 aromatic rings. The quantitative estimate of drug-likeness (QED) is 0.882. The van der Waals surface area contributed by atoms with Crippen molar-refractivity contribution in [3.63, 3.8) is 0 Å². The SMILES string of the molecule is CC(=O)Nc1cccc(NC(=O)C2CCN(C(=O)C3CCC3)CC2)c1. The summed E-state index contributed by atoms with van der Waals surface area (Å²) in [5, 5.41) is 5.62. The fourth-order valence-electron chi connectivity index (χ4n) is 3.40. The molecule has 1 saturated carbocycles. The molecule has 1 aliphatic heterocycles. The fourth-order valence-corrected chi connectivity index (χ4v) is 3.40. The lowest BCUT2D eigenvalue weighted by Gasteiger charge is -2.36. The van der Waals surface area contributed by atoms with Crippen LogP contribution in [0.2, 0.25) is 0 Å². The molecular weight excluding hydrogens is 318 g/mol. The molecule has 1 aliphatic carbocycles. The number of amides is 3. The molecule has 25 heavy (non-hydrogen) atoms. The van der Waals surface area contributed by atoms with Crippen LogP contribution in [0.5, 0.6) is 0 Å². The number of piperidine rings is 1. The first-order valence-corrected chi connectivity index (χ1v) is 9.00. The Hall–Kier alpha value is -2.37. The summed E-state index contributed by atoms with van der Waals surface area (Å²) in [4.78, 5) is 37.8. The first-order valence-electron chi connectivity index (χ1n) is 9.00. The number of hydrogen-bond donors (Lipinski definition) is 2. The normalized spacial score (nSPS) is 18.4. The van der Waals surface area contributed by atoms with Crippen molar-refractivity contribution in [2.75, 3.05) is 23.7 Å². The van der Waals surface area contributed by atoms with Gasteiger partial charge in [0.15, 0.2) is 0 Å². The Balaban J connectivity index is 1.51. The summed E-state index contributed by atoms with van der Waals surface area (Å²) in [6, 6.07) is 7.12. The lowest BCUT2D eigenvalue weighted by Crippen LogP contribution is -2.45. The van der Waals surface area contributed by atoms with E-state index in [2.05, 4.69) is 10.6 Å². The largest absolute Gasteiger partial charge is 0.342 e. The minimum Gasteiger partial charge on any atom is -0.342 e. The second-order valence-electron chi connectivity index (χ2n) is 6.98. The molecule has 2 fully saturated rings. The van der Waals surface area contributed by atoms with E-state index in [1.165, 1.54) is 6.92 Å². The highest BCUT2D eigenvalue weighted by Gasteiger charge is 2.33. The third-order valence-electron chi connectivity index (χ3n) is 5.08. The Morgan fingerprint density at radius 2 is 1.60 bits per heavy atom. The molecule has 1 saturated heterocycles. The zero-order valence-electron chi connectivity index (χ0n) is 14.6. The predicted molar refractivity (Wildman–Crippen MR) is 96.0 cm³/mol. The summed E-state index contributed by atoms with van der Waals surface area (Å²) >= 11 is 0. The second kappa shape index (κ2) is 7.68. The highest BCUT2D eigenvalue weighted by atomic mass is 16.2. The fraction of sp³-hybridized carbons (Fsp3) is 0.526. The van der Waals surface area contributed by atoms with Gasteiger partial charge in [-0.3, -0.25) is 14.4 Å². The van der Waals surface area contributed by atoms with Gasteiger partial charge in [-0.05, 0) is 43.9 Å². The van der Waals surface area contributed by atoms with Gasteiger partial charge in [0, 0.05) is 43.2 Å². The molecule has 134 valence electrons. The van der Waals surface area contributed by atoms with Crippen molar-refractivity contribution in [1.82, 2.24) is 4.90 Å². The Morgan fingerprint density at radius 1 is 0.960 bits per heavy atom. The second-order valence-corrected chi connectivity index (χ2v) is 6.98. The zero-order chi connectivity index (χ0) is 17.8. The molecule has 6 heteroatoms. The number of likely N-dealkylation sites (tertiary alicyclic amines) is 1. The number of carbonyl (C=O) groups excluding carboxylic acids is 3. The molecule has 3 amide bonds. The average molecular weight is 343 g/mol. The molecule has 2 aliphatic rings. The van der Waals surface area contributed by atoms with E-state index in [-0.39, 0.29) is 29.6 Å². The van der Waals surface area contributed by atoms with Gasteiger partial charge in [-0.25, -0.2) is 0 Å². The molecule has 0 bridgehead atoms. The molecule has 6 nitrogen and oxygen atoms in total. The first-order chi connectivity index (χ1) is 12.0. The maximum absolute atomic E-state index is 12.5. The van der Waals surface area contributed by atoms with Crippen LogP contribution in [-0.2, 0) is 14.4 Å². The van der Waals surface area contributed by atoms with Crippen molar-refractivity contribution in [2.24, 2.45) is 11.8 Å². The number of carbonyl (C=O) groups is 3. The zero-order valence-corrected chi connectivity index (χ0v) is 14.6. The topological polar surface area (TPSA) is 78.5 Å². The van der Waals surface area contributed by atoms with Crippen LogP contribution in [0.1, 0.15) is 39.0 Å². The number of nitrogens with zero attached hydrogens (tertiary/aromatic N) is 1. The number of anilines is 2. The first kappa shape index (κ1) is 17.5. The third-order valence-corrected chi connectivity index (χ3v) is 5.08. The smallest absolute Gasteiger partial charge is 0.227 e. The van der Waals surface area contributed by atoms with Gasteiger partial charge in [-0.15, -0.1) is 0 Å². The molecule has 1 aromatic carbocycles. The average Bonchev–Trinajstić information content (AvgIpc) is 2.53. The van der Waals surface area contributed by atoms with Crippen LogP contribution in [0.4, 0.5) is 11.4 Å². The van der Waals surface area contributed by atoms with E-state index in [1.54, 1.807) is 24.3 Å². The molecule has 0 spiro atoms. The Bertz CT molecular complexity index is 662. The van der Waals surface area contributed by atoms with Gasteiger partial charge in [0.2, 0.25) is 17.7 Å². The summed E-state index contributed by atoms with van der Waals surface area (Å²) in [7, 11) is 0. The van der Waals surface area contributed by atoms with Crippen LogP contribution in [0.25, 0.3) is 0 Å². The van der Waals surface area contributed by atoms with Crippen LogP contribution in [0.3, 0.4) is 0 Å². The van der Waals surface area contributed by atoms with E-state index in [1.807, 2.05) is 4.90 Å². The summed E-state index contributed by atoms with van der Waals surface area (Å²) < 4.78 is 0. The number of benzene rings is 1. The minimum absolute atomic E-state index is 0.0179. The van der Waals surface area contributed by atoms with E-state index in [9.17, 15) is 14.4 Å². The van der Waals surface area contributed by atoms with Crippen molar-refractivity contribution in [3.8, 4) is 0 Å². The van der Waals surface area contributed by atoms with Crippen molar-refractivity contribution >= 4 is 29.1 Å². The van der Waals surface area contributed by atoms with E-state index in [0.717, 1.165) is 19.3 Å². The van der Waals surface area contributed by atoms with Crippen molar-refractivity contribution < 1.29 is 14.4 Å². The summed E-state index contributed by atoms with van der Waals surface area (Å²) in [5.41, 5.74) is 1.33. The van der Waals surface area contributed by atoms with Gasteiger partial charge in [-0.2, -0.15) is 0 Å². The third kappa shape index (κ3) is 4.38.